The lowest BCUT2D eigenvalue weighted by Gasteiger charge is -2.26. The minimum Gasteiger partial charge on any atom is -0.502 e. The molecule has 0 bridgehead atoms. The Labute approximate surface area is 171 Å². The number of hydrogen-bond donors (Lipinski definition) is 1. The average Bonchev–Trinajstić information content (AvgIpc) is 2.66. The Hall–Kier alpha value is -2.34. The van der Waals surface area contributed by atoms with Crippen molar-refractivity contribution in [3.63, 3.8) is 0 Å². The molecule has 0 saturated heterocycles. The van der Waals surface area contributed by atoms with Crippen LogP contribution in [0.4, 0.5) is 0 Å². The number of pyridine rings is 1. The molecule has 1 N–H and O–H groups in total. The van der Waals surface area contributed by atoms with Gasteiger partial charge < -0.3 is 23.6 Å². The molecule has 0 unspecified atom stereocenters. The highest BCUT2D eigenvalue weighted by atomic mass is 31.2. The highest BCUT2D eigenvalue weighted by Crippen LogP contribution is 2.63. The summed E-state index contributed by atoms with van der Waals surface area (Å²) < 4.78 is 36.1. The third-order valence-corrected chi connectivity index (χ3v) is 6.13. The van der Waals surface area contributed by atoms with E-state index in [0.29, 0.717) is 16.4 Å². The number of methoxy groups -OCH3 is 2. The number of benzene rings is 1. The summed E-state index contributed by atoms with van der Waals surface area (Å²) in [7, 11) is -0.908. The summed E-state index contributed by atoms with van der Waals surface area (Å²) in [5.74, 6) is 0.207. The molecule has 0 amide bonds. The van der Waals surface area contributed by atoms with E-state index in [1.54, 1.807) is 64.4 Å². The van der Waals surface area contributed by atoms with Crippen molar-refractivity contribution in [2.75, 3.05) is 14.2 Å². The van der Waals surface area contributed by atoms with Crippen LogP contribution in [0.3, 0.4) is 0 Å². The number of rotatable bonds is 9. The Balaban J connectivity index is 2.78. The summed E-state index contributed by atoms with van der Waals surface area (Å²) in [4.78, 5) is 4.11. The van der Waals surface area contributed by atoms with Gasteiger partial charge in [-0.1, -0.05) is 6.07 Å². The van der Waals surface area contributed by atoms with Crippen LogP contribution in [0, 0.1) is 0 Å². The fourth-order valence-corrected chi connectivity index (χ4v) is 4.81. The molecule has 0 spiro atoms. The van der Waals surface area contributed by atoms with Gasteiger partial charge in [0.25, 0.3) is 0 Å². The second-order valence-corrected chi connectivity index (χ2v) is 8.75. The van der Waals surface area contributed by atoms with Crippen LogP contribution in [0.5, 0.6) is 17.2 Å². The average molecular weight is 421 g/mol. The fourth-order valence-electron chi connectivity index (χ4n) is 2.67. The molecule has 0 radical (unpaired) electrons. The molecule has 7 nitrogen and oxygen atoms in total. The first-order valence-electron chi connectivity index (χ1n) is 9.24. The van der Waals surface area contributed by atoms with Gasteiger partial charge in [0.15, 0.2) is 11.5 Å². The van der Waals surface area contributed by atoms with Gasteiger partial charge in [-0.3, -0.25) is 9.55 Å². The van der Waals surface area contributed by atoms with E-state index in [4.69, 9.17) is 18.5 Å². The van der Waals surface area contributed by atoms with Crippen molar-refractivity contribution in [3.05, 3.63) is 47.8 Å². The molecule has 158 valence electrons. The Morgan fingerprint density at radius 1 is 1.07 bits per heavy atom. The van der Waals surface area contributed by atoms with Gasteiger partial charge in [-0.2, -0.15) is 0 Å². The lowest BCUT2D eigenvalue weighted by molar-refractivity contribution is 0.151. The van der Waals surface area contributed by atoms with E-state index in [1.807, 2.05) is 6.07 Å². The molecule has 0 saturated carbocycles. The minimum atomic E-state index is -3.76. The molecule has 2 rings (SSSR count). The lowest BCUT2D eigenvalue weighted by Crippen LogP contribution is -2.09. The second kappa shape index (κ2) is 9.92. The van der Waals surface area contributed by atoms with Gasteiger partial charge in [-0.05, 0) is 63.1 Å². The van der Waals surface area contributed by atoms with Crippen LogP contribution >= 0.6 is 7.60 Å². The Morgan fingerprint density at radius 2 is 1.62 bits per heavy atom. The maximum Gasteiger partial charge on any atom is 0.362 e. The molecule has 0 aliphatic carbocycles. The molecule has 0 atom stereocenters. The molecule has 0 aliphatic heterocycles. The van der Waals surface area contributed by atoms with Crippen molar-refractivity contribution in [2.24, 2.45) is 0 Å². The number of nitrogens with zero attached hydrogens (tertiary/aromatic N) is 1. The summed E-state index contributed by atoms with van der Waals surface area (Å²) in [6.45, 7) is 7.15. The zero-order chi connectivity index (χ0) is 21.6. The first-order chi connectivity index (χ1) is 13.7. The molecule has 1 aromatic heterocycles. The highest BCUT2D eigenvalue weighted by molar-refractivity contribution is 7.65. The Bertz CT molecular complexity index is 856. The third-order valence-electron chi connectivity index (χ3n) is 3.76. The Kier molecular flexibility index (Phi) is 7.85. The van der Waals surface area contributed by atoms with E-state index < -0.39 is 7.60 Å². The molecule has 0 fully saturated rings. The zero-order valence-corrected chi connectivity index (χ0v) is 18.5. The lowest BCUT2D eigenvalue weighted by atomic mass is 10.1. The first kappa shape index (κ1) is 22.9. The highest BCUT2D eigenvalue weighted by Gasteiger charge is 2.35. The molecule has 29 heavy (non-hydrogen) atoms. The molecule has 1 heterocycles. The summed E-state index contributed by atoms with van der Waals surface area (Å²) in [5.41, 5.74) is 1.19. The summed E-state index contributed by atoms with van der Waals surface area (Å²) in [6, 6.07) is 6.75. The van der Waals surface area contributed by atoms with Crippen molar-refractivity contribution >= 4 is 19.0 Å². The molecule has 0 aliphatic rings. The van der Waals surface area contributed by atoms with E-state index in [2.05, 4.69) is 4.98 Å². The number of hydrogen-bond acceptors (Lipinski definition) is 7. The van der Waals surface area contributed by atoms with Gasteiger partial charge >= 0.3 is 7.60 Å². The Morgan fingerprint density at radius 3 is 2.03 bits per heavy atom. The molecule has 8 heteroatoms. The number of aromatic nitrogens is 1. The fraction of sp³-hybridized carbons (Fsp3) is 0.381. The van der Waals surface area contributed by atoms with Crippen LogP contribution in [-0.2, 0) is 13.6 Å². The minimum absolute atomic E-state index is 0.149. The molecule has 1 aromatic carbocycles. The second-order valence-electron chi connectivity index (χ2n) is 6.85. The topological polar surface area (TPSA) is 87.1 Å². The predicted octanol–water partition coefficient (Wildman–Crippen LogP) is 5.35. The van der Waals surface area contributed by atoms with E-state index in [0.717, 1.165) is 0 Å². The summed E-state index contributed by atoms with van der Waals surface area (Å²) in [6.07, 6.45) is 4.29. The SMILES string of the molecule is COc1cc(/C(=C\c2cccnc2)P(=O)(OC(C)C)OC(C)C)cc(OC)c1O. The van der Waals surface area contributed by atoms with Gasteiger partial charge in [0, 0.05) is 12.4 Å². The van der Waals surface area contributed by atoms with Crippen LogP contribution in [0.15, 0.2) is 36.7 Å². The number of ether oxygens (including phenoxy) is 2. The van der Waals surface area contributed by atoms with Gasteiger partial charge in [-0.15, -0.1) is 0 Å². The smallest absolute Gasteiger partial charge is 0.362 e. The standard InChI is InChI=1S/C21H28NO6P/c1-14(2)27-29(24,28-15(3)4)20(10-16-8-7-9-22-13-16)17-11-18(25-5)21(23)19(12-17)26-6/h7-15,23H,1-6H3/b20-10+. The van der Waals surface area contributed by atoms with Gasteiger partial charge in [0.1, 0.15) is 0 Å². The van der Waals surface area contributed by atoms with Crippen molar-refractivity contribution in [2.45, 2.75) is 39.9 Å². The van der Waals surface area contributed by atoms with Crippen LogP contribution < -0.4 is 9.47 Å². The first-order valence-corrected chi connectivity index (χ1v) is 10.8. The van der Waals surface area contributed by atoms with E-state index >= 15 is 0 Å². The molecular weight excluding hydrogens is 393 g/mol. The van der Waals surface area contributed by atoms with Gasteiger partial charge in [0.2, 0.25) is 5.75 Å². The van der Waals surface area contributed by atoms with Crippen molar-refractivity contribution < 1.29 is 28.2 Å². The number of phenolic OH excluding ortho intramolecular Hbond substituents is 1. The van der Waals surface area contributed by atoms with Gasteiger partial charge in [0.05, 0.1) is 31.7 Å². The van der Waals surface area contributed by atoms with E-state index in [-0.39, 0.29) is 29.5 Å². The largest absolute Gasteiger partial charge is 0.502 e. The van der Waals surface area contributed by atoms with Crippen LogP contribution in [0.2, 0.25) is 0 Å². The maximum absolute atomic E-state index is 13.9. The number of phenols is 1. The van der Waals surface area contributed by atoms with Crippen molar-refractivity contribution in [1.29, 1.82) is 0 Å². The van der Waals surface area contributed by atoms with E-state index in [9.17, 15) is 9.67 Å². The molecular formula is C21H28NO6P. The summed E-state index contributed by atoms with van der Waals surface area (Å²) >= 11 is 0. The van der Waals surface area contributed by atoms with Crippen molar-refractivity contribution in [3.8, 4) is 17.2 Å². The van der Waals surface area contributed by atoms with Gasteiger partial charge in [-0.25, -0.2) is 0 Å². The normalized spacial score (nSPS) is 12.5. The molecule has 2 aromatic rings. The van der Waals surface area contributed by atoms with Crippen LogP contribution in [0.25, 0.3) is 11.4 Å². The van der Waals surface area contributed by atoms with Crippen LogP contribution in [-0.4, -0.2) is 36.5 Å². The number of aromatic hydroxyl groups is 1. The summed E-state index contributed by atoms with van der Waals surface area (Å²) in [5, 5.41) is 10.6. The maximum atomic E-state index is 13.9. The van der Waals surface area contributed by atoms with E-state index in [1.165, 1.54) is 14.2 Å². The predicted molar refractivity (Wildman–Crippen MR) is 113 cm³/mol. The quantitative estimate of drug-likeness (QED) is 0.547. The van der Waals surface area contributed by atoms with Crippen molar-refractivity contribution in [1.82, 2.24) is 4.98 Å². The van der Waals surface area contributed by atoms with Crippen LogP contribution in [0.1, 0.15) is 38.8 Å². The zero-order valence-electron chi connectivity index (χ0n) is 17.6. The third kappa shape index (κ3) is 5.82. The monoisotopic (exact) mass is 421 g/mol.